The molecular weight excluding hydrogens is 276 g/mol. The van der Waals surface area contributed by atoms with Crippen LogP contribution in [0.25, 0.3) is 0 Å². The van der Waals surface area contributed by atoms with Crippen LogP contribution < -0.4 is 0 Å². The Morgan fingerprint density at radius 2 is 2.11 bits per heavy atom. The highest BCUT2D eigenvalue weighted by molar-refractivity contribution is 7.99. The Bertz CT molecular complexity index is 320. The first-order chi connectivity index (χ1) is 8.23. The second kappa shape index (κ2) is 6.16. The topological polar surface area (TPSA) is 72.8 Å². The first-order valence-corrected chi connectivity index (χ1v) is 7.14. The van der Waals surface area contributed by atoms with E-state index in [-0.39, 0.29) is 0 Å². The summed E-state index contributed by atoms with van der Waals surface area (Å²) in [7, 11) is 0. The normalized spacial score (nSPS) is 23.4. The summed E-state index contributed by atoms with van der Waals surface area (Å²) in [4.78, 5) is 23.1. The van der Waals surface area contributed by atoms with Crippen molar-refractivity contribution in [3.63, 3.8) is 0 Å². The van der Waals surface area contributed by atoms with Crippen LogP contribution in [0, 0.1) is 11.3 Å². The zero-order chi connectivity index (χ0) is 13.9. The number of hydrogen-bond donors (Lipinski definition) is 2. The molecule has 18 heavy (non-hydrogen) atoms. The molecule has 3 unspecified atom stereocenters. The number of ether oxygens (including phenoxy) is 2. The van der Waals surface area contributed by atoms with Crippen LogP contribution in [0.4, 0.5) is 0 Å². The minimum atomic E-state index is -1.06. The quantitative estimate of drug-likeness (QED) is 0.606. The molecule has 0 aromatic rings. The number of rotatable bonds is 4. The van der Waals surface area contributed by atoms with Gasteiger partial charge < -0.3 is 14.6 Å². The predicted molar refractivity (Wildman–Crippen MR) is 71.6 cm³/mol. The van der Waals surface area contributed by atoms with Crippen molar-refractivity contribution in [2.45, 2.75) is 31.6 Å². The number of carboxylic acid groups (broad SMARTS) is 1. The smallest absolute Gasteiger partial charge is 0.322 e. The second-order valence-electron chi connectivity index (χ2n) is 5.09. The molecule has 3 atom stereocenters. The van der Waals surface area contributed by atoms with E-state index in [0.29, 0.717) is 6.61 Å². The van der Waals surface area contributed by atoms with E-state index in [1.165, 1.54) is 11.8 Å². The summed E-state index contributed by atoms with van der Waals surface area (Å²) in [5.74, 6) is -1.86. The Hall–Kier alpha value is -0.400. The highest BCUT2D eigenvalue weighted by Crippen LogP contribution is 2.33. The van der Waals surface area contributed by atoms with Gasteiger partial charge in [0.25, 0.3) is 5.62 Å². The maximum atomic E-state index is 11.8. The third-order valence-corrected chi connectivity index (χ3v) is 3.98. The number of carbonyl (C=O) groups is 2. The van der Waals surface area contributed by atoms with E-state index in [9.17, 15) is 14.7 Å². The fourth-order valence-electron chi connectivity index (χ4n) is 1.68. The zero-order valence-electron chi connectivity index (χ0n) is 10.6. The van der Waals surface area contributed by atoms with Gasteiger partial charge in [-0.25, -0.2) is 0 Å². The van der Waals surface area contributed by atoms with Crippen molar-refractivity contribution in [2.75, 3.05) is 12.4 Å². The van der Waals surface area contributed by atoms with Gasteiger partial charge in [-0.05, 0) is 5.41 Å². The van der Waals surface area contributed by atoms with Crippen molar-refractivity contribution in [3.05, 3.63) is 0 Å². The molecule has 0 aliphatic carbocycles. The lowest BCUT2D eigenvalue weighted by Crippen LogP contribution is -2.41. The third-order valence-electron chi connectivity index (χ3n) is 2.56. The largest absolute Gasteiger partial charge is 0.481 e. The molecule has 104 valence electrons. The van der Waals surface area contributed by atoms with Gasteiger partial charge in [0.1, 0.15) is 5.25 Å². The van der Waals surface area contributed by atoms with E-state index in [1.54, 1.807) is 20.8 Å². The molecule has 1 saturated heterocycles. The van der Waals surface area contributed by atoms with Crippen LogP contribution in [0.15, 0.2) is 0 Å². The summed E-state index contributed by atoms with van der Waals surface area (Å²) >= 11 is 5.47. The number of esters is 1. The fourth-order valence-corrected chi connectivity index (χ4v) is 3.06. The monoisotopic (exact) mass is 294 g/mol. The number of aliphatic carboxylic acids is 1. The van der Waals surface area contributed by atoms with E-state index >= 15 is 0 Å². The third kappa shape index (κ3) is 4.07. The van der Waals surface area contributed by atoms with Crippen molar-refractivity contribution < 1.29 is 24.2 Å². The standard InChI is InChI=1S/C11H18O5S2/c1-11(2,3)6(8(12)13)7(17)9(14)16-10-15-4-5-18-10/h6-7,10,17H,4-5H2,1-3H3,(H,12,13). The SMILES string of the molecule is CC(C)(C)C(C(=O)O)C(S)C(=O)OC1OCCS1. The number of carboxylic acids is 1. The number of carbonyl (C=O) groups excluding carboxylic acids is 1. The predicted octanol–water partition coefficient (Wildman–Crippen LogP) is 1.62. The van der Waals surface area contributed by atoms with Crippen LogP contribution in [0.1, 0.15) is 20.8 Å². The molecule has 1 rings (SSSR count). The molecule has 0 aromatic carbocycles. The van der Waals surface area contributed by atoms with Gasteiger partial charge >= 0.3 is 11.9 Å². The van der Waals surface area contributed by atoms with Crippen LogP contribution in [-0.2, 0) is 19.1 Å². The summed E-state index contributed by atoms with van der Waals surface area (Å²) in [5, 5.41) is 8.19. The summed E-state index contributed by atoms with van der Waals surface area (Å²) in [5.41, 5.74) is -1.22. The molecule has 0 bridgehead atoms. The molecule has 0 radical (unpaired) electrons. The first-order valence-electron chi connectivity index (χ1n) is 5.58. The molecule has 1 heterocycles. The van der Waals surface area contributed by atoms with E-state index in [4.69, 9.17) is 9.47 Å². The molecule has 1 N–H and O–H groups in total. The van der Waals surface area contributed by atoms with Crippen molar-refractivity contribution in [2.24, 2.45) is 11.3 Å². The molecule has 0 spiro atoms. The minimum absolute atomic E-state index is 0.529. The molecular formula is C11H18O5S2. The molecule has 0 saturated carbocycles. The van der Waals surface area contributed by atoms with Gasteiger partial charge in [-0.1, -0.05) is 32.5 Å². The fraction of sp³-hybridized carbons (Fsp3) is 0.818. The summed E-state index contributed by atoms with van der Waals surface area (Å²) in [6.45, 7) is 5.79. The maximum Gasteiger partial charge on any atom is 0.322 e. The highest BCUT2D eigenvalue weighted by atomic mass is 32.2. The summed E-state index contributed by atoms with van der Waals surface area (Å²) < 4.78 is 10.2. The number of thioether (sulfide) groups is 1. The van der Waals surface area contributed by atoms with Gasteiger partial charge in [-0.2, -0.15) is 12.6 Å². The van der Waals surface area contributed by atoms with Gasteiger partial charge in [-0.15, -0.1) is 0 Å². The molecule has 1 fully saturated rings. The highest BCUT2D eigenvalue weighted by Gasteiger charge is 2.41. The van der Waals surface area contributed by atoms with Crippen molar-refractivity contribution >= 4 is 36.3 Å². The van der Waals surface area contributed by atoms with Crippen LogP contribution >= 0.6 is 24.4 Å². The molecule has 0 aromatic heterocycles. The average molecular weight is 294 g/mol. The number of thiol groups is 1. The van der Waals surface area contributed by atoms with Gasteiger partial charge in [-0.3, -0.25) is 9.59 Å². The molecule has 1 aliphatic heterocycles. The molecule has 5 nitrogen and oxygen atoms in total. The Labute approximate surface area is 116 Å². The Kier molecular flexibility index (Phi) is 5.36. The Morgan fingerprint density at radius 1 is 1.50 bits per heavy atom. The number of hydrogen-bond acceptors (Lipinski definition) is 6. The lowest BCUT2D eigenvalue weighted by Gasteiger charge is -2.30. The van der Waals surface area contributed by atoms with Gasteiger partial charge in [0.2, 0.25) is 0 Å². The van der Waals surface area contributed by atoms with Crippen LogP contribution in [-0.4, -0.2) is 40.3 Å². The zero-order valence-corrected chi connectivity index (χ0v) is 12.3. The van der Waals surface area contributed by atoms with E-state index in [0.717, 1.165) is 5.75 Å². The van der Waals surface area contributed by atoms with E-state index < -0.39 is 34.1 Å². The summed E-state index contributed by atoms with van der Waals surface area (Å²) in [6, 6.07) is 0. The minimum Gasteiger partial charge on any atom is -0.481 e. The maximum absolute atomic E-state index is 11.8. The van der Waals surface area contributed by atoms with E-state index in [1.807, 2.05) is 0 Å². The Morgan fingerprint density at radius 3 is 2.50 bits per heavy atom. The van der Waals surface area contributed by atoms with Crippen molar-refractivity contribution in [1.29, 1.82) is 0 Å². The van der Waals surface area contributed by atoms with Crippen LogP contribution in [0.2, 0.25) is 0 Å². The summed E-state index contributed by atoms with van der Waals surface area (Å²) in [6.07, 6.45) is 0. The average Bonchev–Trinajstić information content (AvgIpc) is 2.67. The van der Waals surface area contributed by atoms with Gasteiger partial charge in [0, 0.05) is 5.75 Å². The lowest BCUT2D eigenvalue weighted by atomic mass is 9.78. The molecule has 7 heteroatoms. The van der Waals surface area contributed by atoms with Gasteiger partial charge in [0.15, 0.2) is 0 Å². The van der Waals surface area contributed by atoms with Crippen LogP contribution in [0.5, 0.6) is 0 Å². The molecule has 0 amide bonds. The Balaban J connectivity index is 2.67. The van der Waals surface area contributed by atoms with Gasteiger partial charge in [0.05, 0.1) is 12.5 Å². The van der Waals surface area contributed by atoms with Crippen molar-refractivity contribution in [1.82, 2.24) is 0 Å². The first kappa shape index (κ1) is 15.7. The molecule has 1 aliphatic rings. The van der Waals surface area contributed by atoms with Crippen molar-refractivity contribution in [3.8, 4) is 0 Å². The van der Waals surface area contributed by atoms with Crippen LogP contribution in [0.3, 0.4) is 0 Å². The van der Waals surface area contributed by atoms with E-state index in [2.05, 4.69) is 12.6 Å². The lowest BCUT2D eigenvalue weighted by molar-refractivity contribution is -0.164. The second-order valence-corrected chi connectivity index (χ2v) is 6.78.